The van der Waals surface area contributed by atoms with Gasteiger partial charge in [0.1, 0.15) is 11.8 Å². The SMILES string of the molecule is N#Cc1cc(N2CC3CNCC3C2)ccn1. The van der Waals surface area contributed by atoms with E-state index >= 15 is 0 Å². The lowest BCUT2D eigenvalue weighted by Crippen LogP contribution is -2.25. The predicted octanol–water partition coefficient (Wildman–Crippen LogP) is 0.609. The number of nitriles is 1. The highest BCUT2D eigenvalue weighted by molar-refractivity contribution is 5.50. The third kappa shape index (κ3) is 1.54. The number of fused-ring (bicyclic) bond motifs is 1. The van der Waals surface area contributed by atoms with E-state index in [9.17, 15) is 0 Å². The van der Waals surface area contributed by atoms with E-state index in [2.05, 4.69) is 21.3 Å². The zero-order valence-electron chi connectivity index (χ0n) is 9.06. The van der Waals surface area contributed by atoms with E-state index < -0.39 is 0 Å². The van der Waals surface area contributed by atoms with Gasteiger partial charge in [0, 0.05) is 38.1 Å². The summed E-state index contributed by atoms with van der Waals surface area (Å²) < 4.78 is 0. The Bertz CT molecular complexity index is 425. The van der Waals surface area contributed by atoms with E-state index in [0.717, 1.165) is 43.7 Å². The predicted molar refractivity (Wildman–Crippen MR) is 61.0 cm³/mol. The molecule has 4 heteroatoms. The van der Waals surface area contributed by atoms with Gasteiger partial charge in [-0.05, 0) is 24.0 Å². The molecule has 2 aliphatic rings. The summed E-state index contributed by atoms with van der Waals surface area (Å²) in [5.41, 5.74) is 1.65. The van der Waals surface area contributed by atoms with E-state index in [0.29, 0.717) is 5.69 Å². The fraction of sp³-hybridized carbons (Fsp3) is 0.500. The van der Waals surface area contributed by atoms with Crippen LogP contribution in [0.15, 0.2) is 18.3 Å². The fourth-order valence-electron chi connectivity index (χ4n) is 2.74. The average Bonchev–Trinajstić information content (AvgIpc) is 2.89. The average molecular weight is 214 g/mol. The molecule has 0 amide bonds. The highest BCUT2D eigenvalue weighted by Gasteiger charge is 2.36. The van der Waals surface area contributed by atoms with Crippen molar-refractivity contribution >= 4 is 5.69 Å². The standard InChI is InChI=1S/C12H14N4/c13-4-11-3-12(1-2-15-11)16-7-9-5-14-6-10(9)8-16/h1-3,9-10,14H,5-8H2. The lowest BCUT2D eigenvalue weighted by molar-refractivity contribution is 0.533. The molecule has 1 aromatic heterocycles. The Balaban J connectivity index is 1.81. The van der Waals surface area contributed by atoms with E-state index in [1.807, 2.05) is 12.1 Å². The molecule has 2 saturated heterocycles. The smallest absolute Gasteiger partial charge is 0.142 e. The van der Waals surface area contributed by atoms with E-state index in [1.165, 1.54) is 0 Å². The first-order chi connectivity index (χ1) is 7.86. The molecule has 1 N–H and O–H groups in total. The molecule has 3 rings (SSSR count). The molecule has 1 aromatic rings. The molecule has 4 nitrogen and oxygen atoms in total. The largest absolute Gasteiger partial charge is 0.371 e. The van der Waals surface area contributed by atoms with Crippen LogP contribution in [0.5, 0.6) is 0 Å². The number of nitrogens with one attached hydrogen (secondary N) is 1. The first kappa shape index (κ1) is 9.61. The Hall–Kier alpha value is -1.60. The van der Waals surface area contributed by atoms with Gasteiger partial charge >= 0.3 is 0 Å². The van der Waals surface area contributed by atoms with Gasteiger partial charge in [-0.25, -0.2) is 4.98 Å². The third-order valence-corrected chi connectivity index (χ3v) is 3.61. The molecule has 0 aromatic carbocycles. The normalized spacial score (nSPS) is 27.8. The lowest BCUT2D eigenvalue weighted by Gasteiger charge is -2.19. The number of pyridine rings is 1. The molecule has 2 unspecified atom stereocenters. The van der Waals surface area contributed by atoms with Gasteiger partial charge in [-0.2, -0.15) is 5.26 Å². The molecular formula is C12H14N4. The van der Waals surface area contributed by atoms with Gasteiger partial charge in [0.25, 0.3) is 0 Å². The summed E-state index contributed by atoms with van der Waals surface area (Å²) in [6, 6.07) is 5.97. The molecule has 0 spiro atoms. The van der Waals surface area contributed by atoms with Gasteiger partial charge in [0.2, 0.25) is 0 Å². The quantitative estimate of drug-likeness (QED) is 0.744. The van der Waals surface area contributed by atoms with Crippen molar-refractivity contribution in [3.63, 3.8) is 0 Å². The summed E-state index contributed by atoms with van der Waals surface area (Å²) >= 11 is 0. The first-order valence-corrected chi connectivity index (χ1v) is 5.68. The van der Waals surface area contributed by atoms with Gasteiger partial charge in [0.15, 0.2) is 0 Å². The number of rotatable bonds is 1. The van der Waals surface area contributed by atoms with Crippen LogP contribution in [0.1, 0.15) is 5.69 Å². The lowest BCUT2D eigenvalue weighted by atomic mass is 10.0. The molecule has 2 fully saturated rings. The summed E-state index contributed by atoms with van der Waals surface area (Å²) in [5, 5.41) is 12.3. The molecule has 16 heavy (non-hydrogen) atoms. The zero-order valence-corrected chi connectivity index (χ0v) is 9.06. The van der Waals surface area contributed by atoms with Gasteiger partial charge < -0.3 is 10.2 Å². The van der Waals surface area contributed by atoms with Crippen molar-refractivity contribution in [2.24, 2.45) is 11.8 Å². The van der Waals surface area contributed by atoms with Gasteiger partial charge in [-0.1, -0.05) is 0 Å². The van der Waals surface area contributed by atoms with Crippen molar-refractivity contribution in [1.29, 1.82) is 5.26 Å². The van der Waals surface area contributed by atoms with Crippen molar-refractivity contribution in [3.8, 4) is 6.07 Å². The monoisotopic (exact) mass is 214 g/mol. The summed E-state index contributed by atoms with van der Waals surface area (Å²) in [6.45, 7) is 4.48. The van der Waals surface area contributed by atoms with E-state index in [-0.39, 0.29) is 0 Å². The topological polar surface area (TPSA) is 52.0 Å². The van der Waals surface area contributed by atoms with Crippen LogP contribution in [0, 0.1) is 23.2 Å². The molecule has 3 heterocycles. The molecule has 2 atom stereocenters. The maximum Gasteiger partial charge on any atom is 0.142 e. The van der Waals surface area contributed by atoms with Crippen LogP contribution in [0.25, 0.3) is 0 Å². The summed E-state index contributed by atoms with van der Waals surface area (Å²) in [4.78, 5) is 6.38. The zero-order chi connectivity index (χ0) is 11.0. The van der Waals surface area contributed by atoms with Gasteiger partial charge in [-0.15, -0.1) is 0 Å². The Morgan fingerprint density at radius 2 is 2.12 bits per heavy atom. The summed E-state index contributed by atoms with van der Waals surface area (Å²) in [5.74, 6) is 1.55. The number of anilines is 1. The number of hydrogen-bond acceptors (Lipinski definition) is 4. The Kier molecular flexibility index (Phi) is 2.26. The Morgan fingerprint density at radius 1 is 1.38 bits per heavy atom. The Morgan fingerprint density at radius 3 is 2.81 bits per heavy atom. The minimum atomic E-state index is 0.507. The Labute approximate surface area is 94.9 Å². The molecule has 82 valence electrons. The van der Waals surface area contributed by atoms with Crippen molar-refractivity contribution in [3.05, 3.63) is 24.0 Å². The van der Waals surface area contributed by atoms with Crippen molar-refractivity contribution in [1.82, 2.24) is 10.3 Å². The number of hydrogen-bond donors (Lipinski definition) is 1. The van der Waals surface area contributed by atoms with Crippen molar-refractivity contribution in [2.45, 2.75) is 0 Å². The van der Waals surface area contributed by atoms with Crippen molar-refractivity contribution < 1.29 is 0 Å². The fourth-order valence-corrected chi connectivity index (χ4v) is 2.74. The maximum atomic E-state index is 8.83. The van der Waals surface area contributed by atoms with Crippen LogP contribution in [-0.2, 0) is 0 Å². The highest BCUT2D eigenvalue weighted by Crippen LogP contribution is 2.30. The van der Waals surface area contributed by atoms with Crippen LogP contribution in [0.3, 0.4) is 0 Å². The van der Waals surface area contributed by atoms with E-state index in [1.54, 1.807) is 6.20 Å². The molecule has 0 aliphatic carbocycles. The first-order valence-electron chi connectivity index (χ1n) is 5.68. The summed E-state index contributed by atoms with van der Waals surface area (Å²) in [6.07, 6.45) is 1.72. The second-order valence-electron chi connectivity index (χ2n) is 4.59. The van der Waals surface area contributed by atoms with Crippen LogP contribution in [-0.4, -0.2) is 31.2 Å². The minimum Gasteiger partial charge on any atom is -0.371 e. The molecule has 2 aliphatic heterocycles. The number of nitrogens with zero attached hydrogens (tertiary/aromatic N) is 3. The van der Waals surface area contributed by atoms with Crippen LogP contribution in [0.2, 0.25) is 0 Å². The van der Waals surface area contributed by atoms with Gasteiger partial charge in [0.05, 0.1) is 0 Å². The molecule has 0 saturated carbocycles. The second-order valence-corrected chi connectivity index (χ2v) is 4.59. The van der Waals surface area contributed by atoms with Crippen LogP contribution < -0.4 is 10.2 Å². The summed E-state index contributed by atoms with van der Waals surface area (Å²) in [7, 11) is 0. The highest BCUT2D eigenvalue weighted by atomic mass is 15.2. The molecular weight excluding hydrogens is 200 g/mol. The van der Waals surface area contributed by atoms with E-state index in [4.69, 9.17) is 5.26 Å². The van der Waals surface area contributed by atoms with Crippen molar-refractivity contribution in [2.75, 3.05) is 31.1 Å². The van der Waals surface area contributed by atoms with Crippen LogP contribution >= 0.6 is 0 Å². The minimum absolute atomic E-state index is 0.507. The maximum absolute atomic E-state index is 8.83. The number of aromatic nitrogens is 1. The second kappa shape index (κ2) is 3.76. The third-order valence-electron chi connectivity index (χ3n) is 3.61. The molecule has 0 bridgehead atoms. The van der Waals surface area contributed by atoms with Crippen LogP contribution in [0.4, 0.5) is 5.69 Å². The molecule has 0 radical (unpaired) electrons. The van der Waals surface area contributed by atoms with Gasteiger partial charge in [-0.3, -0.25) is 0 Å².